The Morgan fingerprint density at radius 3 is 2.52 bits per heavy atom. The van der Waals surface area contributed by atoms with Crippen LogP contribution in [0.25, 0.3) is 0 Å². The number of methoxy groups -OCH3 is 1. The van der Waals surface area contributed by atoms with Gasteiger partial charge in [-0.1, -0.05) is 35.4 Å². The van der Waals surface area contributed by atoms with Crippen molar-refractivity contribution >= 4 is 12.1 Å². The molecular formula is C17H18N2O2. The second-order valence-electron chi connectivity index (χ2n) is 4.85. The Morgan fingerprint density at radius 1 is 1.14 bits per heavy atom. The van der Waals surface area contributed by atoms with E-state index in [1.54, 1.807) is 37.6 Å². The molecule has 2 rings (SSSR count). The Labute approximate surface area is 124 Å². The number of aryl methyl sites for hydroxylation is 2. The predicted molar refractivity (Wildman–Crippen MR) is 84.0 cm³/mol. The number of hydrogen-bond acceptors (Lipinski definition) is 3. The molecule has 0 fully saturated rings. The molecule has 21 heavy (non-hydrogen) atoms. The molecule has 0 saturated carbocycles. The summed E-state index contributed by atoms with van der Waals surface area (Å²) in [6, 6.07) is 13.0. The van der Waals surface area contributed by atoms with Crippen LogP contribution in [0.15, 0.2) is 47.6 Å². The average molecular weight is 282 g/mol. The van der Waals surface area contributed by atoms with Crippen LogP contribution < -0.4 is 10.2 Å². The summed E-state index contributed by atoms with van der Waals surface area (Å²) in [5, 5.41) is 3.99. The summed E-state index contributed by atoms with van der Waals surface area (Å²) in [4.78, 5) is 12.0. The maximum absolute atomic E-state index is 12.0. The van der Waals surface area contributed by atoms with Gasteiger partial charge in [-0.25, -0.2) is 5.43 Å². The van der Waals surface area contributed by atoms with Crippen molar-refractivity contribution in [3.63, 3.8) is 0 Å². The second kappa shape index (κ2) is 6.70. The van der Waals surface area contributed by atoms with Gasteiger partial charge in [-0.15, -0.1) is 0 Å². The minimum Gasteiger partial charge on any atom is -0.497 e. The number of benzene rings is 2. The molecule has 0 heterocycles. The molecule has 0 bridgehead atoms. The third-order valence-electron chi connectivity index (χ3n) is 2.96. The summed E-state index contributed by atoms with van der Waals surface area (Å²) >= 11 is 0. The normalized spacial score (nSPS) is 10.6. The minimum atomic E-state index is -0.269. The lowest BCUT2D eigenvalue weighted by Gasteiger charge is -2.03. The van der Waals surface area contributed by atoms with Gasteiger partial charge in [0.2, 0.25) is 0 Å². The number of nitrogens with zero attached hydrogens (tertiary/aromatic N) is 1. The van der Waals surface area contributed by atoms with Crippen LogP contribution in [0.2, 0.25) is 0 Å². The van der Waals surface area contributed by atoms with Crippen LogP contribution in [0.1, 0.15) is 27.0 Å². The van der Waals surface area contributed by atoms with Crippen LogP contribution in [-0.2, 0) is 0 Å². The topological polar surface area (TPSA) is 50.7 Å². The molecule has 0 radical (unpaired) electrons. The zero-order valence-electron chi connectivity index (χ0n) is 12.4. The maximum atomic E-state index is 12.0. The van der Waals surface area contributed by atoms with Crippen molar-refractivity contribution in [1.29, 1.82) is 0 Å². The third kappa shape index (κ3) is 4.18. The first-order valence-electron chi connectivity index (χ1n) is 6.64. The molecular weight excluding hydrogens is 264 g/mol. The molecule has 0 aromatic heterocycles. The largest absolute Gasteiger partial charge is 0.497 e. The monoisotopic (exact) mass is 282 g/mol. The average Bonchev–Trinajstić information content (AvgIpc) is 2.46. The summed E-state index contributed by atoms with van der Waals surface area (Å²) in [6.07, 6.45) is 1.64. The van der Waals surface area contributed by atoms with E-state index in [0.717, 1.165) is 16.7 Å². The summed E-state index contributed by atoms with van der Waals surface area (Å²) in [7, 11) is 1.56. The fourth-order valence-corrected chi connectivity index (χ4v) is 2.08. The van der Waals surface area contributed by atoms with Gasteiger partial charge in [0.15, 0.2) is 0 Å². The molecule has 1 N–H and O–H groups in total. The van der Waals surface area contributed by atoms with Crippen molar-refractivity contribution < 1.29 is 9.53 Å². The van der Waals surface area contributed by atoms with Crippen molar-refractivity contribution in [3.05, 3.63) is 64.7 Å². The van der Waals surface area contributed by atoms with Gasteiger partial charge in [0.25, 0.3) is 5.91 Å². The third-order valence-corrected chi connectivity index (χ3v) is 2.96. The molecule has 0 aliphatic carbocycles. The lowest BCUT2D eigenvalue weighted by molar-refractivity contribution is 0.0955. The Kier molecular flexibility index (Phi) is 4.72. The highest BCUT2D eigenvalue weighted by Gasteiger charge is 2.04. The quantitative estimate of drug-likeness (QED) is 0.692. The van der Waals surface area contributed by atoms with Gasteiger partial charge in [-0.05, 0) is 37.6 Å². The van der Waals surface area contributed by atoms with E-state index in [2.05, 4.69) is 16.6 Å². The van der Waals surface area contributed by atoms with Crippen LogP contribution in [-0.4, -0.2) is 19.2 Å². The van der Waals surface area contributed by atoms with E-state index >= 15 is 0 Å². The van der Waals surface area contributed by atoms with Crippen LogP contribution in [0.3, 0.4) is 0 Å². The Balaban J connectivity index is 2.04. The van der Waals surface area contributed by atoms with Gasteiger partial charge in [-0.2, -0.15) is 5.10 Å². The molecule has 0 saturated heterocycles. The van der Waals surface area contributed by atoms with E-state index in [-0.39, 0.29) is 5.91 Å². The number of nitrogens with one attached hydrogen (secondary N) is 1. The number of ether oxygens (including phenoxy) is 1. The Hall–Kier alpha value is -2.62. The summed E-state index contributed by atoms with van der Waals surface area (Å²) in [6.45, 7) is 4.05. The summed E-state index contributed by atoms with van der Waals surface area (Å²) < 4.78 is 5.09. The van der Waals surface area contributed by atoms with Crippen molar-refractivity contribution in [2.45, 2.75) is 13.8 Å². The SMILES string of the molecule is COc1cccc(C(=O)NN=Cc2cc(C)cc(C)c2)c1. The van der Waals surface area contributed by atoms with E-state index < -0.39 is 0 Å². The van der Waals surface area contributed by atoms with Crippen LogP contribution in [0, 0.1) is 13.8 Å². The van der Waals surface area contributed by atoms with Gasteiger partial charge in [0.1, 0.15) is 5.75 Å². The lowest BCUT2D eigenvalue weighted by Crippen LogP contribution is -2.17. The van der Waals surface area contributed by atoms with Crippen LogP contribution in [0.4, 0.5) is 0 Å². The number of hydrazone groups is 1. The molecule has 0 aliphatic heterocycles. The van der Waals surface area contributed by atoms with Crippen molar-refractivity contribution in [3.8, 4) is 5.75 Å². The number of carbonyl (C=O) groups is 1. The zero-order chi connectivity index (χ0) is 15.2. The molecule has 0 aliphatic rings. The lowest BCUT2D eigenvalue weighted by atomic mass is 10.1. The molecule has 0 spiro atoms. The Bertz CT molecular complexity index is 658. The molecule has 4 nitrogen and oxygen atoms in total. The van der Waals surface area contributed by atoms with E-state index in [9.17, 15) is 4.79 Å². The molecule has 0 unspecified atom stereocenters. The molecule has 1 amide bonds. The zero-order valence-corrected chi connectivity index (χ0v) is 12.4. The van der Waals surface area contributed by atoms with E-state index in [4.69, 9.17) is 4.74 Å². The van der Waals surface area contributed by atoms with Crippen molar-refractivity contribution in [1.82, 2.24) is 5.43 Å². The van der Waals surface area contributed by atoms with Gasteiger partial charge in [-0.3, -0.25) is 4.79 Å². The predicted octanol–water partition coefficient (Wildman–Crippen LogP) is 3.08. The first-order chi connectivity index (χ1) is 10.1. The molecule has 2 aromatic rings. The van der Waals surface area contributed by atoms with E-state index in [1.165, 1.54) is 0 Å². The fraction of sp³-hybridized carbons (Fsp3) is 0.176. The van der Waals surface area contributed by atoms with Gasteiger partial charge in [0, 0.05) is 5.56 Å². The molecule has 108 valence electrons. The van der Waals surface area contributed by atoms with Crippen molar-refractivity contribution in [2.24, 2.45) is 5.10 Å². The van der Waals surface area contributed by atoms with Gasteiger partial charge in [0.05, 0.1) is 13.3 Å². The number of rotatable bonds is 4. The fourth-order valence-electron chi connectivity index (χ4n) is 2.08. The summed E-state index contributed by atoms with van der Waals surface area (Å²) in [5.74, 6) is 0.371. The van der Waals surface area contributed by atoms with Gasteiger partial charge >= 0.3 is 0 Å². The van der Waals surface area contributed by atoms with Crippen molar-refractivity contribution in [2.75, 3.05) is 7.11 Å². The van der Waals surface area contributed by atoms with Crippen LogP contribution >= 0.6 is 0 Å². The highest BCUT2D eigenvalue weighted by Crippen LogP contribution is 2.12. The number of carbonyl (C=O) groups excluding carboxylic acids is 1. The first kappa shape index (κ1) is 14.8. The Morgan fingerprint density at radius 2 is 1.86 bits per heavy atom. The standard InChI is InChI=1S/C17H18N2O2/c1-12-7-13(2)9-14(8-12)11-18-19-17(20)15-5-4-6-16(10-15)21-3/h4-11H,1-3H3,(H,19,20). The van der Waals surface area contributed by atoms with Gasteiger partial charge < -0.3 is 4.74 Å². The van der Waals surface area contributed by atoms with Crippen LogP contribution in [0.5, 0.6) is 5.75 Å². The smallest absolute Gasteiger partial charge is 0.271 e. The summed E-state index contributed by atoms with van der Waals surface area (Å²) in [5.41, 5.74) is 6.30. The number of hydrogen-bond donors (Lipinski definition) is 1. The molecule has 2 aromatic carbocycles. The molecule has 4 heteroatoms. The second-order valence-corrected chi connectivity index (χ2v) is 4.85. The van der Waals surface area contributed by atoms with E-state index in [0.29, 0.717) is 11.3 Å². The minimum absolute atomic E-state index is 0.269. The number of amides is 1. The highest BCUT2D eigenvalue weighted by atomic mass is 16.5. The maximum Gasteiger partial charge on any atom is 0.271 e. The van der Waals surface area contributed by atoms with E-state index in [1.807, 2.05) is 26.0 Å². The first-order valence-corrected chi connectivity index (χ1v) is 6.64. The molecule has 0 atom stereocenters. The highest BCUT2D eigenvalue weighted by molar-refractivity contribution is 5.95.